The molecule has 200 valence electrons. The number of rotatable bonds is 2. The summed E-state index contributed by atoms with van der Waals surface area (Å²) >= 11 is 0. The van der Waals surface area contributed by atoms with Crippen molar-refractivity contribution in [2.45, 2.75) is 0 Å². The summed E-state index contributed by atoms with van der Waals surface area (Å²) in [6.07, 6.45) is 1.78. The van der Waals surface area contributed by atoms with Crippen LogP contribution in [0.15, 0.2) is 147 Å². The van der Waals surface area contributed by atoms with Crippen LogP contribution < -0.4 is 0 Å². The zero-order valence-corrected chi connectivity index (χ0v) is 22.9. The molecular formula is C40H22O3. The molecule has 7 aromatic carbocycles. The van der Waals surface area contributed by atoms with Gasteiger partial charge in [0.05, 0.1) is 6.26 Å². The van der Waals surface area contributed by atoms with Gasteiger partial charge in [-0.2, -0.15) is 0 Å². The minimum Gasteiger partial charge on any atom is -0.464 e. The molecule has 0 unspecified atom stereocenters. The van der Waals surface area contributed by atoms with Crippen LogP contribution in [-0.4, -0.2) is 0 Å². The van der Waals surface area contributed by atoms with E-state index in [0.29, 0.717) is 0 Å². The minimum atomic E-state index is 0.858. The van der Waals surface area contributed by atoms with Crippen molar-refractivity contribution in [1.29, 1.82) is 0 Å². The van der Waals surface area contributed by atoms with Crippen LogP contribution in [0.5, 0.6) is 0 Å². The highest BCUT2D eigenvalue weighted by Gasteiger charge is 2.25. The molecule has 0 saturated carbocycles. The van der Waals surface area contributed by atoms with Gasteiger partial charge in [-0.15, -0.1) is 0 Å². The summed E-state index contributed by atoms with van der Waals surface area (Å²) in [6, 6.07) is 44.6. The van der Waals surface area contributed by atoms with E-state index in [1.165, 1.54) is 16.3 Å². The zero-order valence-electron chi connectivity index (χ0n) is 22.9. The van der Waals surface area contributed by atoms with Crippen LogP contribution in [0.1, 0.15) is 0 Å². The molecule has 0 atom stereocenters. The van der Waals surface area contributed by atoms with Crippen molar-refractivity contribution in [3.05, 3.63) is 134 Å². The summed E-state index contributed by atoms with van der Waals surface area (Å²) in [5.74, 6) is 0. The summed E-state index contributed by atoms with van der Waals surface area (Å²) in [5.41, 5.74) is 8.96. The Kier molecular flexibility index (Phi) is 4.45. The lowest BCUT2D eigenvalue weighted by molar-refractivity contribution is 0.617. The molecule has 0 aliphatic rings. The van der Waals surface area contributed by atoms with Gasteiger partial charge in [0.1, 0.15) is 27.9 Å². The highest BCUT2D eigenvalue weighted by atomic mass is 16.3. The zero-order chi connectivity index (χ0) is 28.1. The Morgan fingerprint density at radius 3 is 1.58 bits per heavy atom. The van der Waals surface area contributed by atoms with E-state index in [1.807, 2.05) is 30.3 Å². The average Bonchev–Trinajstić information content (AvgIpc) is 3.78. The third-order valence-electron chi connectivity index (χ3n) is 8.94. The van der Waals surface area contributed by atoms with Gasteiger partial charge in [-0.05, 0) is 63.0 Å². The van der Waals surface area contributed by atoms with Gasteiger partial charge in [0, 0.05) is 38.1 Å². The predicted octanol–water partition coefficient (Wildman–Crippen LogP) is 11.9. The molecule has 10 aromatic rings. The molecule has 0 radical (unpaired) electrons. The lowest BCUT2D eigenvalue weighted by atomic mass is 9.83. The number of para-hydroxylation sites is 2. The standard InChI is InChI=1S/C40H22O3/c1-3-12-26-24(10-1)35(30-16-9-19-33-36(30)28-14-5-7-17-31(28)42-33)25-11-2-4-13-27(25)37(26)39-38-29-15-6-8-18-32(29)43-34(38)22-23-20-21-41-40(23)39/h1-22H. The van der Waals surface area contributed by atoms with Gasteiger partial charge in [0.25, 0.3) is 0 Å². The Labute approximate surface area is 245 Å². The molecule has 0 saturated heterocycles. The third-order valence-corrected chi connectivity index (χ3v) is 8.94. The van der Waals surface area contributed by atoms with Gasteiger partial charge >= 0.3 is 0 Å². The van der Waals surface area contributed by atoms with Crippen LogP contribution in [0.25, 0.3) is 98.6 Å². The predicted molar refractivity (Wildman–Crippen MR) is 177 cm³/mol. The van der Waals surface area contributed by atoms with Crippen molar-refractivity contribution >= 4 is 76.4 Å². The van der Waals surface area contributed by atoms with Gasteiger partial charge in [0.15, 0.2) is 0 Å². The Morgan fingerprint density at radius 2 is 0.907 bits per heavy atom. The Balaban J connectivity index is 1.44. The molecule has 0 aliphatic heterocycles. The fourth-order valence-electron chi connectivity index (χ4n) is 7.22. The highest BCUT2D eigenvalue weighted by Crippen LogP contribution is 2.50. The van der Waals surface area contributed by atoms with Gasteiger partial charge < -0.3 is 13.3 Å². The van der Waals surface area contributed by atoms with E-state index in [4.69, 9.17) is 13.3 Å². The van der Waals surface area contributed by atoms with Crippen molar-refractivity contribution in [2.75, 3.05) is 0 Å². The van der Waals surface area contributed by atoms with E-state index < -0.39 is 0 Å². The topological polar surface area (TPSA) is 39.4 Å². The Hall–Kier alpha value is -5.80. The van der Waals surface area contributed by atoms with Crippen molar-refractivity contribution in [2.24, 2.45) is 0 Å². The van der Waals surface area contributed by atoms with Crippen molar-refractivity contribution in [1.82, 2.24) is 0 Å². The van der Waals surface area contributed by atoms with Crippen LogP contribution in [-0.2, 0) is 0 Å². The molecule has 0 fully saturated rings. The molecule has 0 amide bonds. The van der Waals surface area contributed by atoms with E-state index in [1.54, 1.807) is 6.26 Å². The molecule has 0 aliphatic carbocycles. The Bertz CT molecular complexity index is 2680. The van der Waals surface area contributed by atoms with Crippen LogP contribution in [0, 0.1) is 0 Å². The van der Waals surface area contributed by atoms with E-state index in [0.717, 1.165) is 82.3 Å². The second-order valence-electron chi connectivity index (χ2n) is 11.2. The fraction of sp³-hybridized carbons (Fsp3) is 0. The first-order valence-electron chi connectivity index (χ1n) is 14.5. The summed E-state index contributed by atoms with van der Waals surface area (Å²) < 4.78 is 19.0. The monoisotopic (exact) mass is 550 g/mol. The van der Waals surface area contributed by atoms with Gasteiger partial charge in [-0.3, -0.25) is 0 Å². The average molecular weight is 551 g/mol. The van der Waals surface area contributed by atoms with E-state index in [9.17, 15) is 0 Å². The summed E-state index contributed by atoms with van der Waals surface area (Å²) in [5, 5.41) is 10.1. The van der Waals surface area contributed by atoms with Crippen molar-refractivity contribution in [3.8, 4) is 22.3 Å². The van der Waals surface area contributed by atoms with Gasteiger partial charge in [0.2, 0.25) is 0 Å². The van der Waals surface area contributed by atoms with Crippen molar-refractivity contribution < 1.29 is 13.3 Å². The molecule has 10 rings (SSSR count). The normalized spacial score (nSPS) is 12.2. The molecule has 3 heterocycles. The summed E-state index contributed by atoms with van der Waals surface area (Å²) in [4.78, 5) is 0. The minimum absolute atomic E-state index is 0.858. The first-order chi connectivity index (χ1) is 21.3. The first-order valence-corrected chi connectivity index (χ1v) is 14.5. The van der Waals surface area contributed by atoms with Crippen LogP contribution in [0.4, 0.5) is 0 Å². The maximum Gasteiger partial charge on any atom is 0.142 e. The first kappa shape index (κ1) is 22.8. The lowest BCUT2D eigenvalue weighted by Crippen LogP contribution is -1.92. The maximum absolute atomic E-state index is 6.44. The number of fused-ring (bicyclic) bond motifs is 9. The molecule has 0 N–H and O–H groups in total. The maximum atomic E-state index is 6.44. The molecule has 0 spiro atoms. The summed E-state index contributed by atoms with van der Waals surface area (Å²) in [6.45, 7) is 0. The Morgan fingerprint density at radius 1 is 0.372 bits per heavy atom. The largest absolute Gasteiger partial charge is 0.464 e. The van der Waals surface area contributed by atoms with E-state index in [-0.39, 0.29) is 0 Å². The molecule has 3 nitrogen and oxygen atoms in total. The quantitative estimate of drug-likeness (QED) is 0.201. The molecule has 0 bridgehead atoms. The van der Waals surface area contributed by atoms with Crippen molar-refractivity contribution in [3.63, 3.8) is 0 Å². The lowest BCUT2D eigenvalue weighted by Gasteiger charge is -2.19. The van der Waals surface area contributed by atoms with Crippen LogP contribution in [0.2, 0.25) is 0 Å². The van der Waals surface area contributed by atoms with E-state index >= 15 is 0 Å². The van der Waals surface area contributed by atoms with Gasteiger partial charge in [-0.25, -0.2) is 0 Å². The molecular weight excluding hydrogens is 528 g/mol. The second kappa shape index (κ2) is 8.37. The SMILES string of the molecule is c1ccc2c(c1)oc1cccc(-c3c4ccccc4c(-c4c5occc5cc5oc6ccccc6c45)c4ccccc34)c12. The van der Waals surface area contributed by atoms with Crippen LogP contribution >= 0.6 is 0 Å². The fourth-order valence-corrected chi connectivity index (χ4v) is 7.22. The molecule has 3 heteroatoms. The number of benzene rings is 7. The molecule has 3 aromatic heterocycles. The van der Waals surface area contributed by atoms with E-state index in [2.05, 4.69) is 97.1 Å². The smallest absolute Gasteiger partial charge is 0.142 e. The van der Waals surface area contributed by atoms with Gasteiger partial charge in [-0.1, -0.05) is 97.1 Å². The second-order valence-corrected chi connectivity index (χ2v) is 11.2. The third kappa shape index (κ3) is 3.03. The number of hydrogen-bond acceptors (Lipinski definition) is 3. The summed E-state index contributed by atoms with van der Waals surface area (Å²) in [7, 11) is 0. The number of hydrogen-bond donors (Lipinski definition) is 0. The highest BCUT2D eigenvalue weighted by molar-refractivity contribution is 6.30. The molecule has 43 heavy (non-hydrogen) atoms. The van der Waals surface area contributed by atoms with Crippen LogP contribution in [0.3, 0.4) is 0 Å². The number of furan rings is 3.